The van der Waals surface area contributed by atoms with Gasteiger partial charge in [0, 0.05) is 51.3 Å². The molecule has 4 aromatic carbocycles. The van der Waals surface area contributed by atoms with Crippen LogP contribution in [-0.2, 0) is 0 Å². The fourth-order valence-electron chi connectivity index (χ4n) is 7.73. The van der Waals surface area contributed by atoms with E-state index in [0.29, 0.717) is 0 Å². The molecule has 10 rings (SSSR count). The van der Waals surface area contributed by atoms with Crippen molar-refractivity contribution in [3.63, 3.8) is 0 Å². The summed E-state index contributed by atoms with van der Waals surface area (Å²) in [7, 11) is 0. The number of ether oxygens (including phenoxy) is 1. The van der Waals surface area contributed by atoms with Crippen molar-refractivity contribution in [3.05, 3.63) is 145 Å². The van der Waals surface area contributed by atoms with Gasteiger partial charge in [0.25, 0.3) is 0 Å². The van der Waals surface area contributed by atoms with Gasteiger partial charge in [-0.25, -0.2) is 19.9 Å². The second-order valence-electron chi connectivity index (χ2n) is 13.0. The predicted octanol–water partition coefficient (Wildman–Crippen LogP) is 10.4. The third-order valence-electron chi connectivity index (χ3n) is 9.76. The van der Waals surface area contributed by atoms with Gasteiger partial charge in [-0.3, -0.25) is 8.80 Å². The molecule has 238 valence electrons. The number of aromatic nitrogens is 6. The van der Waals surface area contributed by atoms with E-state index in [1.807, 2.05) is 61.1 Å². The summed E-state index contributed by atoms with van der Waals surface area (Å²) in [5.74, 6) is 1.45. The van der Waals surface area contributed by atoms with Crippen LogP contribution in [0.25, 0.3) is 77.4 Å². The first-order chi connectivity index (χ1) is 24.5. The largest absolute Gasteiger partial charge is 0.457 e. The highest BCUT2D eigenvalue weighted by atomic mass is 16.5. The van der Waals surface area contributed by atoms with Crippen molar-refractivity contribution in [2.75, 3.05) is 0 Å². The smallest absolute Gasteiger partial charge is 0.147 e. The van der Waals surface area contributed by atoms with Gasteiger partial charge in [-0.15, -0.1) is 0 Å². The lowest BCUT2D eigenvalue weighted by Crippen LogP contribution is -1.98. The minimum atomic E-state index is 0.722. The number of hydrogen-bond donors (Lipinski definition) is 0. The standard InChI is InChI=1S/C43H30N6O/c1-25-19-26(2)39(27(3)20-25)38-23-46-42-35-21-29(14-16-32(35)34-12-8-18-45-41(34)49(38)42)50-30-13-15-31-33-11-7-17-44-40(33)48-24-37(28-9-5-4-6-10-28)47-43(48)36(31)22-30/h4-24H,1-3H3. The molecule has 0 saturated heterocycles. The second kappa shape index (κ2) is 10.7. The Morgan fingerprint density at radius 3 is 1.86 bits per heavy atom. The van der Waals surface area contributed by atoms with Gasteiger partial charge in [0.1, 0.15) is 34.1 Å². The Kier molecular flexibility index (Phi) is 6.08. The summed E-state index contributed by atoms with van der Waals surface area (Å²) >= 11 is 0. The van der Waals surface area contributed by atoms with Crippen LogP contribution in [0.1, 0.15) is 16.7 Å². The molecule has 10 aromatic rings. The van der Waals surface area contributed by atoms with Gasteiger partial charge in [-0.2, -0.15) is 0 Å². The molecule has 6 aromatic heterocycles. The zero-order valence-corrected chi connectivity index (χ0v) is 27.7. The average Bonchev–Trinajstić information content (AvgIpc) is 3.78. The fraction of sp³-hybridized carbons (Fsp3) is 0.0698. The van der Waals surface area contributed by atoms with E-state index in [1.165, 1.54) is 22.3 Å². The van der Waals surface area contributed by atoms with Crippen molar-refractivity contribution in [3.8, 4) is 34.0 Å². The van der Waals surface area contributed by atoms with E-state index in [0.717, 1.165) is 83.4 Å². The summed E-state index contributed by atoms with van der Waals surface area (Å²) in [5, 5.41) is 6.26. The van der Waals surface area contributed by atoms with Crippen LogP contribution in [0.15, 0.2) is 128 Å². The molecule has 7 heteroatoms. The Hall–Kier alpha value is -6.60. The molecule has 0 unspecified atom stereocenters. The summed E-state index contributed by atoms with van der Waals surface area (Å²) in [4.78, 5) is 19.7. The number of aryl methyl sites for hydroxylation is 3. The van der Waals surface area contributed by atoms with Gasteiger partial charge < -0.3 is 4.74 Å². The Morgan fingerprint density at radius 1 is 0.540 bits per heavy atom. The molecule has 0 aliphatic rings. The maximum atomic E-state index is 6.65. The van der Waals surface area contributed by atoms with Crippen LogP contribution in [-0.4, -0.2) is 28.7 Å². The number of nitrogens with zero attached hydrogens (tertiary/aromatic N) is 6. The minimum absolute atomic E-state index is 0.722. The average molecular weight is 647 g/mol. The number of pyridine rings is 4. The van der Waals surface area contributed by atoms with Gasteiger partial charge in [0.05, 0.1) is 17.6 Å². The molecule has 0 N–H and O–H groups in total. The lowest BCUT2D eigenvalue weighted by molar-refractivity contribution is 0.484. The molecule has 0 aliphatic heterocycles. The monoisotopic (exact) mass is 646 g/mol. The highest BCUT2D eigenvalue weighted by molar-refractivity contribution is 6.13. The molecule has 7 nitrogen and oxygen atoms in total. The van der Waals surface area contributed by atoms with Crippen molar-refractivity contribution >= 4 is 54.9 Å². The number of rotatable bonds is 4. The molecular weight excluding hydrogens is 617 g/mol. The van der Waals surface area contributed by atoms with Crippen molar-refractivity contribution in [2.45, 2.75) is 20.8 Å². The third-order valence-corrected chi connectivity index (χ3v) is 9.76. The molecule has 0 amide bonds. The SMILES string of the molecule is Cc1cc(C)c(-c2cnc3c4cc(Oc5ccc6c7cccnc7n7cc(-c8ccccc8)nc7c6c5)ccc4c4cccnc4n23)c(C)c1. The van der Waals surface area contributed by atoms with E-state index in [9.17, 15) is 0 Å². The molecule has 6 heterocycles. The zero-order valence-electron chi connectivity index (χ0n) is 27.7. The first kappa shape index (κ1) is 28.4. The van der Waals surface area contributed by atoms with Crippen LogP contribution < -0.4 is 4.74 Å². The topological polar surface area (TPSA) is 69.6 Å². The molecule has 0 fully saturated rings. The molecule has 0 saturated carbocycles. The van der Waals surface area contributed by atoms with E-state index in [4.69, 9.17) is 24.7 Å². The van der Waals surface area contributed by atoms with E-state index >= 15 is 0 Å². The summed E-state index contributed by atoms with van der Waals surface area (Å²) in [6.07, 6.45) is 7.72. The Bertz CT molecular complexity index is 2970. The van der Waals surface area contributed by atoms with Crippen molar-refractivity contribution in [1.82, 2.24) is 28.7 Å². The van der Waals surface area contributed by atoms with Crippen LogP contribution in [0.5, 0.6) is 11.5 Å². The quantitative estimate of drug-likeness (QED) is 0.178. The Morgan fingerprint density at radius 2 is 1.16 bits per heavy atom. The van der Waals surface area contributed by atoms with E-state index < -0.39 is 0 Å². The molecule has 50 heavy (non-hydrogen) atoms. The molecular formula is C43H30N6O. The van der Waals surface area contributed by atoms with Crippen LogP contribution in [0, 0.1) is 20.8 Å². The van der Waals surface area contributed by atoms with E-state index in [1.54, 1.807) is 0 Å². The number of fused-ring (bicyclic) bond motifs is 12. The van der Waals surface area contributed by atoms with Crippen LogP contribution in [0.2, 0.25) is 0 Å². The molecule has 0 atom stereocenters. The number of hydrogen-bond acceptors (Lipinski definition) is 5. The second-order valence-corrected chi connectivity index (χ2v) is 13.0. The van der Waals surface area contributed by atoms with Crippen LogP contribution in [0.4, 0.5) is 0 Å². The van der Waals surface area contributed by atoms with Gasteiger partial charge >= 0.3 is 0 Å². The van der Waals surface area contributed by atoms with Crippen molar-refractivity contribution in [2.24, 2.45) is 0 Å². The van der Waals surface area contributed by atoms with Crippen LogP contribution in [0.3, 0.4) is 0 Å². The molecule has 0 radical (unpaired) electrons. The summed E-state index contributed by atoms with van der Waals surface area (Å²) < 4.78 is 10.9. The summed E-state index contributed by atoms with van der Waals surface area (Å²) in [6.45, 7) is 6.47. The van der Waals surface area contributed by atoms with Gasteiger partial charge in [0.2, 0.25) is 0 Å². The maximum Gasteiger partial charge on any atom is 0.147 e. The summed E-state index contributed by atoms with van der Waals surface area (Å²) in [6, 6.07) is 35.4. The van der Waals surface area contributed by atoms with Crippen molar-refractivity contribution in [1.29, 1.82) is 0 Å². The summed E-state index contributed by atoms with van der Waals surface area (Å²) in [5.41, 5.74) is 11.3. The third kappa shape index (κ3) is 4.23. The highest BCUT2D eigenvalue weighted by Gasteiger charge is 2.19. The van der Waals surface area contributed by atoms with E-state index in [-0.39, 0.29) is 0 Å². The normalized spacial score (nSPS) is 11.9. The maximum absolute atomic E-state index is 6.65. The van der Waals surface area contributed by atoms with E-state index in [2.05, 4.69) is 96.4 Å². The number of benzene rings is 4. The molecule has 0 bridgehead atoms. The van der Waals surface area contributed by atoms with Gasteiger partial charge in [0.15, 0.2) is 0 Å². The fourth-order valence-corrected chi connectivity index (χ4v) is 7.73. The van der Waals surface area contributed by atoms with Gasteiger partial charge in [-0.1, -0.05) is 48.0 Å². The lowest BCUT2D eigenvalue weighted by Gasteiger charge is -2.14. The first-order valence-electron chi connectivity index (χ1n) is 16.7. The molecule has 0 spiro atoms. The molecule has 0 aliphatic carbocycles. The zero-order chi connectivity index (χ0) is 33.5. The first-order valence-corrected chi connectivity index (χ1v) is 16.7. The van der Waals surface area contributed by atoms with Gasteiger partial charge in [-0.05, 0) is 103 Å². The van der Waals surface area contributed by atoms with Crippen LogP contribution >= 0.6 is 0 Å². The van der Waals surface area contributed by atoms with Crippen molar-refractivity contribution < 1.29 is 4.74 Å². The lowest BCUT2D eigenvalue weighted by atomic mass is 9.97. The minimum Gasteiger partial charge on any atom is -0.457 e. The number of imidazole rings is 2. The Labute approximate surface area is 287 Å². The predicted molar refractivity (Wildman–Crippen MR) is 201 cm³/mol. The highest BCUT2D eigenvalue weighted by Crippen LogP contribution is 2.38. The Balaban J connectivity index is 1.15.